The summed E-state index contributed by atoms with van der Waals surface area (Å²) >= 11 is 3.48. The molecular weight excluding hydrogens is 254 g/mol. The van der Waals surface area contributed by atoms with E-state index < -0.39 is 0 Å². The Kier molecular flexibility index (Phi) is 4.67. The van der Waals surface area contributed by atoms with Crippen LogP contribution in [0.3, 0.4) is 0 Å². The van der Waals surface area contributed by atoms with Gasteiger partial charge in [0.1, 0.15) is 12.4 Å². The Morgan fingerprint density at radius 2 is 2.33 bits per heavy atom. The molecule has 1 aromatic carbocycles. The number of halogens is 1. The zero-order chi connectivity index (χ0) is 11.3. The van der Waals surface area contributed by atoms with E-state index in [4.69, 9.17) is 16.9 Å². The van der Waals surface area contributed by atoms with E-state index in [0.29, 0.717) is 6.61 Å². The highest BCUT2D eigenvalue weighted by molar-refractivity contribution is 9.10. The molecule has 2 nitrogen and oxygen atoms in total. The number of rotatable bonds is 4. The highest BCUT2D eigenvalue weighted by Gasteiger charge is 2.04. The topological polar surface area (TPSA) is 35.2 Å². The van der Waals surface area contributed by atoms with Crippen molar-refractivity contribution >= 4 is 15.9 Å². The van der Waals surface area contributed by atoms with Crippen LogP contribution in [0.25, 0.3) is 0 Å². The van der Waals surface area contributed by atoms with Crippen LogP contribution in [-0.2, 0) is 6.42 Å². The SMILES string of the molecule is C#CCOc1ccc(Br)c(CC(C)N)c1. The fourth-order valence-corrected chi connectivity index (χ4v) is 1.68. The molecule has 0 aromatic heterocycles. The molecule has 15 heavy (non-hydrogen) atoms. The molecule has 1 unspecified atom stereocenters. The van der Waals surface area contributed by atoms with Crippen LogP contribution in [0.15, 0.2) is 22.7 Å². The van der Waals surface area contributed by atoms with Gasteiger partial charge in [-0.1, -0.05) is 21.9 Å². The van der Waals surface area contributed by atoms with Crippen LogP contribution >= 0.6 is 15.9 Å². The van der Waals surface area contributed by atoms with Gasteiger partial charge < -0.3 is 10.5 Å². The van der Waals surface area contributed by atoms with Gasteiger partial charge in [0.25, 0.3) is 0 Å². The second kappa shape index (κ2) is 5.79. The zero-order valence-electron chi connectivity index (χ0n) is 8.66. The third-order valence-electron chi connectivity index (χ3n) is 1.88. The first-order valence-corrected chi connectivity index (χ1v) is 5.53. The van der Waals surface area contributed by atoms with Gasteiger partial charge in [-0.2, -0.15) is 0 Å². The van der Waals surface area contributed by atoms with Crippen molar-refractivity contribution in [3.05, 3.63) is 28.2 Å². The lowest BCUT2D eigenvalue weighted by Crippen LogP contribution is -2.18. The molecular formula is C12H14BrNO. The monoisotopic (exact) mass is 267 g/mol. The number of hydrogen-bond acceptors (Lipinski definition) is 2. The van der Waals surface area contributed by atoms with Gasteiger partial charge in [0.05, 0.1) is 0 Å². The quantitative estimate of drug-likeness (QED) is 0.851. The molecule has 0 saturated carbocycles. The molecule has 0 bridgehead atoms. The minimum Gasteiger partial charge on any atom is -0.481 e. The molecule has 0 spiro atoms. The zero-order valence-corrected chi connectivity index (χ0v) is 10.3. The smallest absolute Gasteiger partial charge is 0.148 e. The van der Waals surface area contributed by atoms with Crippen LogP contribution < -0.4 is 10.5 Å². The summed E-state index contributed by atoms with van der Waals surface area (Å²) in [6.45, 7) is 2.26. The van der Waals surface area contributed by atoms with Crippen molar-refractivity contribution in [3.63, 3.8) is 0 Å². The standard InChI is InChI=1S/C12H14BrNO/c1-3-6-15-11-4-5-12(13)10(8-11)7-9(2)14/h1,4-5,8-9H,6-7,14H2,2H3. The largest absolute Gasteiger partial charge is 0.481 e. The van der Waals surface area contributed by atoms with Gasteiger partial charge in [-0.25, -0.2) is 0 Å². The Morgan fingerprint density at radius 3 is 2.93 bits per heavy atom. The Labute approximate surface area is 98.9 Å². The first kappa shape index (κ1) is 12.1. The summed E-state index contributed by atoms with van der Waals surface area (Å²) in [7, 11) is 0. The fraction of sp³-hybridized carbons (Fsp3) is 0.333. The maximum Gasteiger partial charge on any atom is 0.148 e. The van der Waals surface area contributed by atoms with Crippen LogP contribution in [0.2, 0.25) is 0 Å². The van der Waals surface area contributed by atoms with Crippen LogP contribution in [0.5, 0.6) is 5.75 Å². The lowest BCUT2D eigenvalue weighted by Gasteiger charge is -2.10. The van der Waals surface area contributed by atoms with Crippen molar-refractivity contribution in [1.29, 1.82) is 0 Å². The molecule has 1 rings (SSSR count). The van der Waals surface area contributed by atoms with Crippen molar-refractivity contribution in [2.75, 3.05) is 6.61 Å². The highest BCUT2D eigenvalue weighted by Crippen LogP contribution is 2.23. The normalized spacial score (nSPS) is 11.9. The van der Waals surface area contributed by atoms with E-state index in [1.807, 2.05) is 25.1 Å². The Hall–Kier alpha value is -0.980. The first-order valence-electron chi connectivity index (χ1n) is 4.73. The predicted octanol–water partition coefficient (Wildman–Crippen LogP) is 2.35. The van der Waals surface area contributed by atoms with E-state index in [-0.39, 0.29) is 6.04 Å². The molecule has 2 N–H and O–H groups in total. The van der Waals surface area contributed by atoms with Crippen molar-refractivity contribution in [2.45, 2.75) is 19.4 Å². The third kappa shape index (κ3) is 3.94. The fourth-order valence-electron chi connectivity index (χ4n) is 1.27. The van der Waals surface area contributed by atoms with Gasteiger partial charge in [-0.15, -0.1) is 6.42 Å². The molecule has 0 radical (unpaired) electrons. The van der Waals surface area contributed by atoms with E-state index >= 15 is 0 Å². The lowest BCUT2D eigenvalue weighted by molar-refractivity contribution is 0.370. The molecule has 0 saturated heterocycles. The Morgan fingerprint density at radius 1 is 1.60 bits per heavy atom. The Balaban J connectivity index is 2.81. The van der Waals surface area contributed by atoms with Crippen molar-refractivity contribution in [3.8, 4) is 18.1 Å². The number of benzene rings is 1. The molecule has 0 amide bonds. The molecule has 0 aliphatic rings. The van der Waals surface area contributed by atoms with E-state index in [2.05, 4.69) is 21.9 Å². The Bertz CT molecular complexity index is 368. The van der Waals surface area contributed by atoms with Crippen LogP contribution in [0.1, 0.15) is 12.5 Å². The molecule has 1 aromatic rings. The lowest BCUT2D eigenvalue weighted by atomic mass is 10.1. The minimum atomic E-state index is 0.129. The van der Waals surface area contributed by atoms with Crippen LogP contribution in [0, 0.1) is 12.3 Å². The molecule has 80 valence electrons. The van der Waals surface area contributed by atoms with Crippen molar-refractivity contribution in [2.24, 2.45) is 5.73 Å². The molecule has 3 heteroatoms. The summed E-state index contributed by atoms with van der Waals surface area (Å²) in [6.07, 6.45) is 5.93. The third-order valence-corrected chi connectivity index (χ3v) is 2.65. The van der Waals surface area contributed by atoms with Crippen molar-refractivity contribution in [1.82, 2.24) is 0 Å². The van der Waals surface area contributed by atoms with Gasteiger partial charge in [-0.3, -0.25) is 0 Å². The second-order valence-corrected chi connectivity index (χ2v) is 4.28. The molecule has 0 aliphatic heterocycles. The number of ether oxygens (including phenoxy) is 1. The second-order valence-electron chi connectivity index (χ2n) is 3.43. The number of hydrogen-bond donors (Lipinski definition) is 1. The minimum absolute atomic E-state index is 0.129. The van der Waals surface area contributed by atoms with E-state index in [9.17, 15) is 0 Å². The van der Waals surface area contributed by atoms with Crippen LogP contribution in [0.4, 0.5) is 0 Å². The van der Waals surface area contributed by atoms with E-state index in [0.717, 1.165) is 22.2 Å². The molecule has 0 heterocycles. The number of terminal acetylenes is 1. The van der Waals surface area contributed by atoms with E-state index in [1.165, 1.54) is 0 Å². The van der Waals surface area contributed by atoms with Crippen molar-refractivity contribution < 1.29 is 4.74 Å². The van der Waals surface area contributed by atoms with Gasteiger partial charge >= 0.3 is 0 Å². The average Bonchev–Trinajstić information content (AvgIpc) is 2.18. The summed E-state index contributed by atoms with van der Waals surface area (Å²) in [4.78, 5) is 0. The summed E-state index contributed by atoms with van der Waals surface area (Å²) in [5.41, 5.74) is 6.89. The van der Waals surface area contributed by atoms with Gasteiger partial charge in [0.15, 0.2) is 0 Å². The predicted molar refractivity (Wildman–Crippen MR) is 65.8 cm³/mol. The summed E-state index contributed by atoms with van der Waals surface area (Å²) in [5.74, 6) is 3.22. The van der Waals surface area contributed by atoms with Crippen LogP contribution in [-0.4, -0.2) is 12.6 Å². The van der Waals surface area contributed by atoms with E-state index in [1.54, 1.807) is 0 Å². The maximum atomic E-state index is 5.75. The maximum absolute atomic E-state index is 5.75. The number of nitrogens with two attached hydrogens (primary N) is 1. The average molecular weight is 268 g/mol. The van der Waals surface area contributed by atoms with Gasteiger partial charge in [0.2, 0.25) is 0 Å². The molecule has 0 aliphatic carbocycles. The summed E-state index contributed by atoms with van der Waals surface area (Å²) in [6, 6.07) is 5.92. The summed E-state index contributed by atoms with van der Waals surface area (Å²) in [5, 5.41) is 0. The highest BCUT2D eigenvalue weighted by atomic mass is 79.9. The molecule has 0 fully saturated rings. The first-order chi connectivity index (χ1) is 7.13. The molecule has 1 atom stereocenters. The van der Waals surface area contributed by atoms with Gasteiger partial charge in [-0.05, 0) is 37.1 Å². The van der Waals surface area contributed by atoms with Gasteiger partial charge in [0, 0.05) is 10.5 Å². The summed E-state index contributed by atoms with van der Waals surface area (Å²) < 4.78 is 6.38.